The quantitative estimate of drug-likeness (QED) is 0.736. The van der Waals surface area contributed by atoms with Gasteiger partial charge in [-0.1, -0.05) is 33.1 Å². The number of anilines is 1. The van der Waals surface area contributed by atoms with E-state index in [-0.39, 0.29) is 22.9 Å². The third kappa shape index (κ3) is 3.69. The number of rotatable bonds is 4. The summed E-state index contributed by atoms with van der Waals surface area (Å²) < 4.78 is 0. The molecule has 0 spiro atoms. The van der Waals surface area contributed by atoms with E-state index in [0.29, 0.717) is 17.8 Å². The smallest absolute Gasteiger partial charge is 0.320 e. The van der Waals surface area contributed by atoms with Crippen molar-refractivity contribution in [3.8, 4) is 0 Å². The molecule has 1 aromatic rings. The van der Waals surface area contributed by atoms with Crippen molar-refractivity contribution < 1.29 is 4.79 Å². The highest BCUT2D eigenvalue weighted by Crippen LogP contribution is 2.53. The van der Waals surface area contributed by atoms with E-state index in [1.807, 2.05) is 6.20 Å². The standard InChI is InChI=1S/C24H35N5O/c1-23(2)14-24(3)20(13-26-29(24)15-23)18-11-21(25-12-19(18)16-9-10-16)28-22(30)27-17-7-5-4-6-8-17/h11-13,16-17,20H,4-10,14-15H2,1-3H3,(H2,25,27,28,30). The largest absolute Gasteiger partial charge is 0.335 e. The van der Waals surface area contributed by atoms with Crippen LogP contribution in [0.2, 0.25) is 0 Å². The first-order valence-corrected chi connectivity index (χ1v) is 11.7. The molecule has 6 heteroatoms. The van der Waals surface area contributed by atoms with Crippen LogP contribution in [0, 0.1) is 5.41 Å². The number of hydrogen-bond acceptors (Lipinski definition) is 4. The number of hydrogen-bond donors (Lipinski definition) is 2. The molecule has 2 aliphatic heterocycles. The lowest BCUT2D eigenvalue weighted by atomic mass is 9.74. The predicted molar refractivity (Wildman–Crippen MR) is 120 cm³/mol. The second-order valence-corrected chi connectivity index (χ2v) is 10.9. The van der Waals surface area contributed by atoms with Gasteiger partial charge >= 0.3 is 6.03 Å². The van der Waals surface area contributed by atoms with E-state index in [1.165, 1.54) is 43.2 Å². The number of fused-ring (bicyclic) bond motifs is 1. The fraction of sp³-hybridized carbons (Fsp3) is 0.708. The SMILES string of the molecule is CC1(C)CN2N=CC(c3cc(NC(=O)NC4CCCCC4)ncc3C3CC3)C2(C)C1. The van der Waals surface area contributed by atoms with Gasteiger partial charge in [-0.05, 0) is 67.6 Å². The van der Waals surface area contributed by atoms with E-state index in [9.17, 15) is 4.79 Å². The number of pyridine rings is 1. The van der Waals surface area contributed by atoms with Crippen LogP contribution in [0.1, 0.15) is 95.1 Å². The molecule has 1 saturated heterocycles. The molecule has 30 heavy (non-hydrogen) atoms. The van der Waals surface area contributed by atoms with Crippen LogP contribution in [0.3, 0.4) is 0 Å². The number of hydrazone groups is 1. The second kappa shape index (κ2) is 7.24. The van der Waals surface area contributed by atoms with E-state index in [4.69, 9.17) is 5.10 Å². The molecule has 162 valence electrons. The summed E-state index contributed by atoms with van der Waals surface area (Å²) >= 11 is 0. The maximum atomic E-state index is 12.6. The summed E-state index contributed by atoms with van der Waals surface area (Å²) in [6.07, 6.45) is 13.6. The molecule has 4 aliphatic rings. The van der Waals surface area contributed by atoms with Crippen LogP contribution in [-0.2, 0) is 0 Å². The summed E-state index contributed by atoms with van der Waals surface area (Å²) in [7, 11) is 0. The normalized spacial score (nSPS) is 30.4. The summed E-state index contributed by atoms with van der Waals surface area (Å²) in [5, 5.41) is 13.2. The summed E-state index contributed by atoms with van der Waals surface area (Å²) in [6.45, 7) is 8.01. The van der Waals surface area contributed by atoms with Crippen molar-refractivity contribution >= 4 is 18.1 Å². The minimum atomic E-state index is -0.130. The fourth-order valence-electron chi connectivity index (χ4n) is 6.01. The van der Waals surface area contributed by atoms with E-state index < -0.39 is 0 Å². The molecule has 0 radical (unpaired) electrons. The molecular formula is C24H35N5O. The summed E-state index contributed by atoms with van der Waals surface area (Å²) in [4.78, 5) is 17.2. The van der Waals surface area contributed by atoms with Gasteiger partial charge in [-0.3, -0.25) is 10.3 Å². The highest BCUT2D eigenvalue weighted by molar-refractivity contribution is 5.88. The zero-order valence-electron chi connectivity index (χ0n) is 18.6. The Morgan fingerprint density at radius 1 is 1.10 bits per heavy atom. The van der Waals surface area contributed by atoms with Gasteiger partial charge < -0.3 is 5.32 Å². The highest BCUT2D eigenvalue weighted by atomic mass is 16.2. The molecule has 2 N–H and O–H groups in total. The minimum Gasteiger partial charge on any atom is -0.335 e. The molecule has 0 aromatic carbocycles. The Morgan fingerprint density at radius 3 is 2.60 bits per heavy atom. The van der Waals surface area contributed by atoms with Crippen LogP contribution in [0.25, 0.3) is 0 Å². The van der Waals surface area contributed by atoms with E-state index >= 15 is 0 Å². The lowest BCUT2D eigenvalue weighted by Gasteiger charge is -2.34. The Bertz CT molecular complexity index is 855. The second-order valence-electron chi connectivity index (χ2n) is 10.9. The molecule has 2 unspecified atom stereocenters. The Labute approximate surface area is 179 Å². The first-order chi connectivity index (χ1) is 14.3. The van der Waals surface area contributed by atoms with Crippen LogP contribution >= 0.6 is 0 Å². The van der Waals surface area contributed by atoms with Gasteiger partial charge in [0, 0.05) is 30.9 Å². The number of aromatic nitrogens is 1. The molecule has 2 aliphatic carbocycles. The van der Waals surface area contributed by atoms with Crippen molar-refractivity contribution in [3.05, 3.63) is 23.4 Å². The molecule has 2 saturated carbocycles. The Morgan fingerprint density at radius 2 is 1.87 bits per heavy atom. The number of carbonyl (C=O) groups is 1. The van der Waals surface area contributed by atoms with Crippen molar-refractivity contribution in [1.29, 1.82) is 0 Å². The first-order valence-electron chi connectivity index (χ1n) is 11.7. The predicted octanol–water partition coefficient (Wildman–Crippen LogP) is 4.99. The Kier molecular flexibility index (Phi) is 4.79. The Balaban J connectivity index is 1.38. The monoisotopic (exact) mass is 409 g/mol. The highest BCUT2D eigenvalue weighted by Gasteiger charge is 2.54. The van der Waals surface area contributed by atoms with Gasteiger partial charge in [-0.15, -0.1) is 0 Å². The van der Waals surface area contributed by atoms with Crippen molar-refractivity contribution in [2.24, 2.45) is 10.5 Å². The van der Waals surface area contributed by atoms with Crippen molar-refractivity contribution in [1.82, 2.24) is 15.3 Å². The third-order valence-electron chi connectivity index (χ3n) is 7.53. The number of carbonyl (C=O) groups excluding carboxylic acids is 1. The molecule has 5 rings (SSSR count). The molecule has 3 heterocycles. The van der Waals surface area contributed by atoms with Crippen LogP contribution in [0.15, 0.2) is 17.4 Å². The van der Waals surface area contributed by atoms with Gasteiger partial charge in [-0.25, -0.2) is 9.78 Å². The average molecular weight is 410 g/mol. The lowest BCUT2D eigenvalue weighted by Crippen LogP contribution is -2.40. The van der Waals surface area contributed by atoms with Gasteiger partial charge in [-0.2, -0.15) is 5.10 Å². The van der Waals surface area contributed by atoms with Gasteiger partial charge in [0.15, 0.2) is 0 Å². The van der Waals surface area contributed by atoms with Gasteiger partial charge in [0.1, 0.15) is 5.82 Å². The number of urea groups is 1. The van der Waals surface area contributed by atoms with Crippen molar-refractivity contribution in [2.75, 3.05) is 11.9 Å². The maximum Gasteiger partial charge on any atom is 0.320 e. The van der Waals surface area contributed by atoms with Gasteiger partial charge in [0.05, 0.1) is 5.54 Å². The lowest BCUT2D eigenvalue weighted by molar-refractivity contribution is 0.177. The molecule has 2 amide bonds. The van der Waals surface area contributed by atoms with Gasteiger partial charge in [0.25, 0.3) is 0 Å². The number of nitrogens with one attached hydrogen (secondary N) is 2. The van der Waals surface area contributed by atoms with Gasteiger partial charge in [0.2, 0.25) is 0 Å². The number of amides is 2. The zero-order valence-corrected chi connectivity index (χ0v) is 18.6. The van der Waals surface area contributed by atoms with E-state index in [1.54, 1.807) is 0 Å². The minimum absolute atomic E-state index is 0.00385. The summed E-state index contributed by atoms with van der Waals surface area (Å²) in [6, 6.07) is 2.28. The van der Waals surface area contributed by atoms with Crippen LogP contribution in [0.4, 0.5) is 10.6 Å². The van der Waals surface area contributed by atoms with Crippen molar-refractivity contribution in [3.63, 3.8) is 0 Å². The average Bonchev–Trinajstić information content (AvgIpc) is 3.43. The number of nitrogens with zero attached hydrogens (tertiary/aromatic N) is 3. The molecule has 1 aromatic heterocycles. The first kappa shape index (κ1) is 19.8. The third-order valence-corrected chi connectivity index (χ3v) is 7.53. The summed E-state index contributed by atoms with van der Waals surface area (Å²) in [5.41, 5.74) is 2.90. The van der Waals surface area contributed by atoms with E-state index in [2.05, 4.69) is 53.7 Å². The Hall–Kier alpha value is -2.11. The molecule has 6 nitrogen and oxygen atoms in total. The van der Waals surface area contributed by atoms with E-state index in [0.717, 1.165) is 25.8 Å². The van der Waals surface area contributed by atoms with Crippen LogP contribution < -0.4 is 10.6 Å². The molecular weight excluding hydrogens is 374 g/mol. The maximum absolute atomic E-state index is 12.6. The van der Waals surface area contributed by atoms with Crippen molar-refractivity contribution in [2.45, 2.75) is 95.6 Å². The zero-order chi connectivity index (χ0) is 20.9. The molecule has 0 bridgehead atoms. The topological polar surface area (TPSA) is 69.6 Å². The summed E-state index contributed by atoms with van der Waals surface area (Å²) in [5.74, 6) is 1.49. The van der Waals surface area contributed by atoms with Crippen LogP contribution in [0.5, 0.6) is 0 Å². The fourth-order valence-corrected chi connectivity index (χ4v) is 6.01. The van der Waals surface area contributed by atoms with Crippen LogP contribution in [-0.4, -0.2) is 40.4 Å². The molecule has 2 atom stereocenters. The molecule has 3 fully saturated rings.